The van der Waals surface area contributed by atoms with Gasteiger partial charge in [0.25, 0.3) is 0 Å². The second-order valence-corrected chi connectivity index (χ2v) is 7.76. The number of benzene rings is 2. The molecular weight excluding hydrogens is 352 g/mol. The lowest BCUT2D eigenvalue weighted by Crippen LogP contribution is -2.30. The number of ether oxygens (including phenoxy) is 1. The Kier molecular flexibility index (Phi) is 6.76. The van der Waals surface area contributed by atoms with Crippen LogP contribution in [0.5, 0.6) is 5.75 Å². The molecule has 2 aromatic carbocycles. The molecule has 7 heteroatoms. The highest BCUT2D eigenvalue weighted by Gasteiger charge is 2.20. The van der Waals surface area contributed by atoms with E-state index in [0.29, 0.717) is 11.3 Å². The third kappa shape index (κ3) is 5.86. The summed E-state index contributed by atoms with van der Waals surface area (Å²) in [7, 11) is -1.92. The Morgan fingerprint density at radius 1 is 1.12 bits per heavy atom. The first-order valence-corrected chi connectivity index (χ1v) is 10.2. The third-order valence-electron chi connectivity index (χ3n) is 3.94. The molecule has 0 saturated heterocycles. The number of rotatable bonds is 8. The van der Waals surface area contributed by atoms with E-state index in [0.717, 1.165) is 23.9 Å². The number of amides is 1. The zero-order chi connectivity index (χ0) is 19.2. The number of hydrogen-bond acceptors (Lipinski definition) is 4. The highest BCUT2D eigenvalue weighted by atomic mass is 32.2. The molecule has 0 aliphatic heterocycles. The summed E-state index contributed by atoms with van der Waals surface area (Å²) < 4.78 is 31.1. The zero-order valence-electron chi connectivity index (χ0n) is 15.2. The normalized spacial score (nSPS) is 12.4. The minimum Gasteiger partial charge on any atom is -0.497 e. The molecule has 2 rings (SSSR count). The molecule has 0 bridgehead atoms. The number of methoxy groups -OCH3 is 1. The minimum absolute atomic E-state index is 0.0164. The van der Waals surface area contributed by atoms with E-state index in [1.807, 2.05) is 31.2 Å². The summed E-state index contributed by atoms with van der Waals surface area (Å²) in [5, 5.41) is 2.87. The molecular formula is C19H24N2O4S. The standard InChI is InChI=1S/C19H24N2O4S/c1-4-14-7-5-6-8-17(14)20-19(22)13-18(21-26(3,23)24)15-9-11-16(25-2)12-10-15/h5-12,18,21H,4,13H2,1-3H3,(H,20,22)/t18-/m1/s1. The van der Waals surface area contributed by atoms with E-state index in [-0.39, 0.29) is 12.3 Å². The van der Waals surface area contributed by atoms with Gasteiger partial charge in [-0.25, -0.2) is 13.1 Å². The number of nitrogens with one attached hydrogen (secondary N) is 2. The first-order chi connectivity index (χ1) is 12.3. The molecule has 140 valence electrons. The van der Waals surface area contributed by atoms with Crippen LogP contribution < -0.4 is 14.8 Å². The molecule has 0 fully saturated rings. The molecule has 26 heavy (non-hydrogen) atoms. The van der Waals surface area contributed by atoms with Crippen LogP contribution in [-0.4, -0.2) is 27.7 Å². The second-order valence-electron chi connectivity index (χ2n) is 5.98. The zero-order valence-corrected chi connectivity index (χ0v) is 16.0. The number of aryl methyl sites for hydroxylation is 1. The van der Waals surface area contributed by atoms with Crippen LogP contribution in [0.2, 0.25) is 0 Å². The molecule has 2 N–H and O–H groups in total. The maximum atomic E-state index is 12.5. The number of carbonyl (C=O) groups is 1. The Morgan fingerprint density at radius 2 is 1.77 bits per heavy atom. The van der Waals surface area contributed by atoms with Crippen molar-refractivity contribution in [3.05, 3.63) is 59.7 Å². The summed E-state index contributed by atoms with van der Waals surface area (Å²) >= 11 is 0. The lowest BCUT2D eigenvalue weighted by molar-refractivity contribution is -0.116. The van der Waals surface area contributed by atoms with Crippen molar-refractivity contribution in [3.63, 3.8) is 0 Å². The maximum absolute atomic E-state index is 12.5. The largest absolute Gasteiger partial charge is 0.497 e. The van der Waals surface area contributed by atoms with Crippen molar-refractivity contribution < 1.29 is 17.9 Å². The van der Waals surface area contributed by atoms with Crippen LogP contribution >= 0.6 is 0 Å². The smallest absolute Gasteiger partial charge is 0.226 e. The van der Waals surface area contributed by atoms with E-state index in [9.17, 15) is 13.2 Å². The fraction of sp³-hybridized carbons (Fsp3) is 0.316. The van der Waals surface area contributed by atoms with E-state index in [2.05, 4.69) is 10.0 Å². The summed E-state index contributed by atoms with van der Waals surface area (Å²) in [6.45, 7) is 2.01. The van der Waals surface area contributed by atoms with Gasteiger partial charge in [0.15, 0.2) is 0 Å². The summed E-state index contributed by atoms with van der Waals surface area (Å²) in [5.41, 5.74) is 2.46. The summed E-state index contributed by atoms with van der Waals surface area (Å²) in [6.07, 6.45) is 1.85. The van der Waals surface area contributed by atoms with Gasteiger partial charge < -0.3 is 10.1 Å². The maximum Gasteiger partial charge on any atom is 0.226 e. The van der Waals surface area contributed by atoms with E-state index in [1.54, 1.807) is 31.4 Å². The van der Waals surface area contributed by atoms with Crippen LogP contribution in [0, 0.1) is 0 Å². The van der Waals surface area contributed by atoms with Crippen LogP contribution in [0.4, 0.5) is 5.69 Å². The monoisotopic (exact) mass is 376 g/mol. The third-order valence-corrected chi connectivity index (χ3v) is 4.65. The van der Waals surface area contributed by atoms with Gasteiger partial charge in [-0.05, 0) is 35.7 Å². The van der Waals surface area contributed by atoms with Crippen molar-refractivity contribution in [1.29, 1.82) is 0 Å². The number of anilines is 1. The Hall–Kier alpha value is -2.38. The lowest BCUT2D eigenvalue weighted by Gasteiger charge is -2.18. The van der Waals surface area contributed by atoms with Crippen LogP contribution in [0.15, 0.2) is 48.5 Å². The minimum atomic E-state index is -3.48. The van der Waals surface area contributed by atoms with Crippen LogP contribution in [0.1, 0.15) is 30.5 Å². The fourth-order valence-electron chi connectivity index (χ4n) is 2.66. The van der Waals surface area contributed by atoms with Crippen molar-refractivity contribution in [2.24, 2.45) is 0 Å². The van der Waals surface area contributed by atoms with Crippen molar-refractivity contribution in [2.75, 3.05) is 18.7 Å². The molecule has 1 atom stereocenters. The van der Waals surface area contributed by atoms with Gasteiger partial charge in [-0.15, -0.1) is 0 Å². The molecule has 0 aromatic heterocycles. The molecule has 1 amide bonds. The SMILES string of the molecule is CCc1ccccc1NC(=O)C[C@@H](NS(C)(=O)=O)c1ccc(OC)cc1. The van der Waals surface area contributed by atoms with Gasteiger partial charge in [-0.2, -0.15) is 0 Å². The molecule has 0 saturated carbocycles. The van der Waals surface area contributed by atoms with Gasteiger partial charge in [0.1, 0.15) is 5.75 Å². The first-order valence-electron chi connectivity index (χ1n) is 8.31. The van der Waals surface area contributed by atoms with Crippen LogP contribution in [0.25, 0.3) is 0 Å². The average Bonchev–Trinajstić information content (AvgIpc) is 2.60. The molecule has 0 spiro atoms. The van der Waals surface area contributed by atoms with Crippen LogP contribution in [0.3, 0.4) is 0 Å². The number of para-hydroxylation sites is 1. The number of carbonyl (C=O) groups excluding carboxylic acids is 1. The average molecular weight is 376 g/mol. The summed E-state index contributed by atoms with van der Waals surface area (Å²) in [6, 6.07) is 13.8. The predicted octanol–water partition coefficient (Wildman–Crippen LogP) is 2.88. The van der Waals surface area contributed by atoms with E-state index in [4.69, 9.17) is 4.74 Å². The Bertz CT molecular complexity index is 848. The predicted molar refractivity (Wildman–Crippen MR) is 103 cm³/mol. The number of hydrogen-bond donors (Lipinski definition) is 2. The van der Waals surface area contributed by atoms with Gasteiger partial charge in [0.05, 0.1) is 19.4 Å². The molecule has 0 aliphatic rings. The van der Waals surface area contributed by atoms with Gasteiger partial charge in [-0.1, -0.05) is 37.3 Å². The lowest BCUT2D eigenvalue weighted by atomic mass is 10.0. The topological polar surface area (TPSA) is 84.5 Å². The van der Waals surface area contributed by atoms with E-state index < -0.39 is 16.1 Å². The quantitative estimate of drug-likeness (QED) is 0.742. The van der Waals surface area contributed by atoms with Crippen molar-refractivity contribution in [2.45, 2.75) is 25.8 Å². The van der Waals surface area contributed by atoms with Crippen molar-refractivity contribution in [3.8, 4) is 5.75 Å². The highest BCUT2D eigenvalue weighted by molar-refractivity contribution is 7.88. The molecule has 0 heterocycles. The van der Waals surface area contributed by atoms with Crippen molar-refractivity contribution in [1.82, 2.24) is 4.72 Å². The van der Waals surface area contributed by atoms with E-state index in [1.165, 1.54) is 0 Å². The molecule has 0 radical (unpaired) electrons. The Labute approximate surface area is 154 Å². The highest BCUT2D eigenvalue weighted by Crippen LogP contribution is 2.23. The number of sulfonamides is 1. The Morgan fingerprint density at radius 3 is 2.35 bits per heavy atom. The van der Waals surface area contributed by atoms with Gasteiger partial charge >= 0.3 is 0 Å². The van der Waals surface area contributed by atoms with Gasteiger partial charge in [0, 0.05) is 12.1 Å². The molecule has 0 unspecified atom stereocenters. The molecule has 2 aromatic rings. The molecule has 6 nitrogen and oxygen atoms in total. The first kappa shape index (κ1) is 19.9. The summed E-state index contributed by atoms with van der Waals surface area (Å²) in [4.78, 5) is 12.5. The van der Waals surface area contributed by atoms with Gasteiger partial charge in [-0.3, -0.25) is 4.79 Å². The second kappa shape index (κ2) is 8.82. The van der Waals surface area contributed by atoms with E-state index >= 15 is 0 Å². The summed E-state index contributed by atoms with van der Waals surface area (Å²) in [5.74, 6) is 0.399. The van der Waals surface area contributed by atoms with Crippen LogP contribution in [-0.2, 0) is 21.2 Å². The Balaban J connectivity index is 2.18. The fourth-order valence-corrected chi connectivity index (χ4v) is 3.40. The van der Waals surface area contributed by atoms with Gasteiger partial charge in [0.2, 0.25) is 15.9 Å². The van der Waals surface area contributed by atoms with Crippen molar-refractivity contribution >= 4 is 21.6 Å². The molecule has 0 aliphatic carbocycles.